The molecule has 0 saturated carbocycles. The highest BCUT2D eigenvalue weighted by Gasteiger charge is 2.21. The zero-order chi connectivity index (χ0) is 27.9. The van der Waals surface area contributed by atoms with Crippen molar-refractivity contribution in [1.82, 2.24) is 4.90 Å². The van der Waals surface area contributed by atoms with E-state index < -0.39 is 0 Å². The van der Waals surface area contributed by atoms with Crippen molar-refractivity contribution in [3.63, 3.8) is 0 Å². The van der Waals surface area contributed by atoms with E-state index in [1.165, 1.54) is 34.9 Å². The van der Waals surface area contributed by atoms with Crippen molar-refractivity contribution in [2.24, 2.45) is 0 Å². The van der Waals surface area contributed by atoms with Crippen LogP contribution >= 0.6 is 0 Å². The van der Waals surface area contributed by atoms with Gasteiger partial charge in [-0.3, -0.25) is 10.2 Å². The largest absolute Gasteiger partial charge is 0.489 e. The Labute approximate surface area is 229 Å². The van der Waals surface area contributed by atoms with E-state index in [2.05, 4.69) is 62.3 Å². The number of unbranched alkanes of at least 4 members (excludes halogenated alkanes) is 1. The standard InChI is InChI=1S/C28H36N2O.C6H8O/c1-5-7-12-26(6-2)30(21(3)4)28(29)24-15-17-27(18-16-24)31-20-22-13-14-23-10-8-9-11-25(23)19-22;1-3-6(4-2)5-7/h10-11,13-19,26,29H,3,5-9,12,20H2,1-2,4H3;3-5H,1H2,2H3/b;6-4+. The molecule has 1 unspecified atom stereocenters. The van der Waals surface area contributed by atoms with Crippen LogP contribution in [0.15, 0.2) is 79.0 Å². The van der Waals surface area contributed by atoms with Crippen LogP contribution in [0.1, 0.15) is 77.3 Å². The minimum atomic E-state index is 0.318. The number of hydrogen-bond acceptors (Lipinski definition) is 3. The lowest BCUT2D eigenvalue weighted by Gasteiger charge is -2.33. The Bertz CT molecular complexity index is 1230. The Balaban J connectivity index is 0.000000638. The lowest BCUT2D eigenvalue weighted by molar-refractivity contribution is -0.104. The normalized spacial score (nSPS) is 12.9. The molecule has 202 valence electrons. The third kappa shape index (κ3) is 9.02. The number of ether oxygens (including phenoxy) is 1. The fraction of sp³-hybridized carbons (Fsp3) is 0.353. The highest BCUT2D eigenvalue weighted by atomic mass is 16.5. The number of benzene rings is 2. The monoisotopic (exact) mass is 512 g/mol. The van der Waals surface area contributed by atoms with Crippen molar-refractivity contribution < 1.29 is 9.53 Å². The Morgan fingerprint density at radius 3 is 2.32 bits per heavy atom. The van der Waals surface area contributed by atoms with Gasteiger partial charge in [-0.05, 0) is 85.9 Å². The van der Waals surface area contributed by atoms with Gasteiger partial charge in [-0.15, -0.1) is 0 Å². The molecule has 0 aromatic heterocycles. The zero-order valence-corrected chi connectivity index (χ0v) is 23.6. The second-order valence-electron chi connectivity index (χ2n) is 9.53. The van der Waals surface area contributed by atoms with Crippen molar-refractivity contribution in [3.8, 4) is 5.75 Å². The first-order valence-corrected chi connectivity index (χ1v) is 13.7. The minimum absolute atomic E-state index is 0.318. The summed E-state index contributed by atoms with van der Waals surface area (Å²) in [4.78, 5) is 11.9. The van der Waals surface area contributed by atoms with Gasteiger partial charge < -0.3 is 9.64 Å². The molecule has 1 N–H and O–H groups in total. The quantitative estimate of drug-likeness (QED) is 0.109. The summed E-state index contributed by atoms with van der Waals surface area (Å²) in [6.07, 6.45) is 15.3. The molecule has 0 spiro atoms. The van der Waals surface area contributed by atoms with Gasteiger partial charge in [-0.2, -0.15) is 0 Å². The molecule has 0 radical (unpaired) electrons. The molecule has 0 heterocycles. The van der Waals surface area contributed by atoms with E-state index in [0.717, 1.165) is 49.0 Å². The maximum Gasteiger partial charge on any atom is 0.149 e. The highest BCUT2D eigenvalue weighted by Crippen LogP contribution is 2.22. The van der Waals surface area contributed by atoms with Gasteiger partial charge in [0.25, 0.3) is 0 Å². The van der Waals surface area contributed by atoms with E-state index in [9.17, 15) is 4.79 Å². The topological polar surface area (TPSA) is 53.4 Å². The van der Waals surface area contributed by atoms with Crippen molar-refractivity contribution in [2.45, 2.75) is 78.9 Å². The molecule has 0 aliphatic heterocycles. The van der Waals surface area contributed by atoms with E-state index in [-0.39, 0.29) is 0 Å². The predicted molar refractivity (Wildman–Crippen MR) is 162 cm³/mol. The van der Waals surface area contributed by atoms with Crippen molar-refractivity contribution >= 4 is 24.3 Å². The summed E-state index contributed by atoms with van der Waals surface area (Å²) >= 11 is 0. The molecule has 2 aromatic rings. The number of allylic oxidation sites excluding steroid dienone is 4. The summed E-state index contributed by atoms with van der Waals surface area (Å²) in [7, 11) is 0. The minimum Gasteiger partial charge on any atom is -0.489 e. The maximum absolute atomic E-state index is 9.83. The summed E-state index contributed by atoms with van der Waals surface area (Å²) in [5, 5.41) is 11.4. The molecular weight excluding hydrogens is 468 g/mol. The van der Waals surface area contributed by atoms with E-state index in [1.807, 2.05) is 31.2 Å². The lowest BCUT2D eigenvalue weighted by Crippen LogP contribution is -2.38. The number of fused-ring (bicyclic) bond motifs is 1. The van der Waals surface area contributed by atoms with Crippen LogP contribution in [0.5, 0.6) is 5.75 Å². The molecule has 1 aliphatic rings. The average molecular weight is 513 g/mol. The molecule has 4 nitrogen and oxygen atoms in total. The van der Waals surface area contributed by atoms with Crippen LogP contribution in [-0.2, 0) is 11.4 Å². The Morgan fingerprint density at radius 1 is 1.11 bits per heavy atom. The molecule has 0 fully saturated rings. The molecule has 1 atom stereocenters. The molecule has 38 heavy (non-hydrogen) atoms. The number of hydrogen-bond donors (Lipinski definition) is 1. The Morgan fingerprint density at radius 2 is 1.79 bits per heavy atom. The van der Waals surface area contributed by atoms with Crippen molar-refractivity contribution in [2.75, 3.05) is 0 Å². The lowest BCUT2D eigenvalue weighted by atomic mass is 10.0. The fourth-order valence-corrected chi connectivity index (χ4v) is 4.44. The number of nitrogens with zero attached hydrogens (tertiary/aromatic N) is 1. The summed E-state index contributed by atoms with van der Waals surface area (Å²) in [5.74, 6) is 1.34. The first kappa shape index (κ1) is 30.6. The summed E-state index contributed by atoms with van der Waals surface area (Å²) in [6.45, 7) is 16.3. The molecule has 0 saturated heterocycles. The van der Waals surface area contributed by atoms with Crippen LogP contribution in [0, 0.1) is 5.41 Å². The molecule has 3 rings (SSSR count). The molecule has 0 bridgehead atoms. The number of aldehydes is 1. The van der Waals surface area contributed by atoms with Gasteiger partial charge in [0.15, 0.2) is 0 Å². The predicted octanol–water partition coefficient (Wildman–Crippen LogP) is 7.07. The second-order valence-corrected chi connectivity index (χ2v) is 9.53. The van der Waals surface area contributed by atoms with Gasteiger partial charge in [-0.1, -0.05) is 76.3 Å². The first-order valence-electron chi connectivity index (χ1n) is 13.7. The van der Waals surface area contributed by atoms with Crippen molar-refractivity contribution in [1.29, 1.82) is 5.41 Å². The summed E-state index contributed by atoms with van der Waals surface area (Å²) in [6, 6.07) is 14.8. The van der Waals surface area contributed by atoms with Gasteiger partial charge in [0.2, 0.25) is 0 Å². The van der Waals surface area contributed by atoms with Crippen LogP contribution in [0.2, 0.25) is 0 Å². The smallest absolute Gasteiger partial charge is 0.149 e. The molecule has 1 aliphatic carbocycles. The van der Waals surface area contributed by atoms with Crippen LogP contribution < -0.4 is 15.2 Å². The number of carbonyl (C=O) groups excluding carboxylic acids is 1. The average Bonchev–Trinajstić information content (AvgIpc) is 2.95. The summed E-state index contributed by atoms with van der Waals surface area (Å²) in [5.41, 5.74) is 3.64. The van der Waals surface area contributed by atoms with Crippen LogP contribution in [0.25, 0.3) is 12.2 Å². The maximum atomic E-state index is 9.83. The molecule has 0 amide bonds. The molecule has 2 aromatic carbocycles. The van der Waals surface area contributed by atoms with E-state index >= 15 is 0 Å². The van der Waals surface area contributed by atoms with E-state index in [1.54, 1.807) is 13.0 Å². The number of nitrogens with one attached hydrogen (secondary N) is 1. The zero-order valence-electron chi connectivity index (χ0n) is 23.6. The first-order chi connectivity index (χ1) is 18.4. The van der Waals surface area contributed by atoms with Crippen LogP contribution in [0.3, 0.4) is 0 Å². The van der Waals surface area contributed by atoms with Gasteiger partial charge in [0, 0.05) is 22.9 Å². The fourth-order valence-electron chi connectivity index (χ4n) is 4.44. The number of carbonyl (C=O) groups is 1. The van der Waals surface area contributed by atoms with Crippen molar-refractivity contribution in [3.05, 3.63) is 101 Å². The molecular formula is C34H44N2O2. The van der Waals surface area contributed by atoms with Gasteiger partial charge in [-0.25, -0.2) is 0 Å². The number of amidine groups is 1. The Hall–Kier alpha value is -3.66. The van der Waals surface area contributed by atoms with E-state index in [0.29, 0.717) is 24.1 Å². The second kappa shape index (κ2) is 16.2. The SMILES string of the molecule is C=C(C)N(C(=N)c1ccc(OCc2ccc3c(c2)=CCCC=3)cc1)C(CC)CCCC.C=C/C(C=O)=C\C. The van der Waals surface area contributed by atoms with Gasteiger partial charge >= 0.3 is 0 Å². The molecule has 4 heteroatoms. The van der Waals surface area contributed by atoms with E-state index in [4.69, 9.17) is 10.1 Å². The van der Waals surface area contributed by atoms with Gasteiger partial charge in [0.1, 0.15) is 24.5 Å². The van der Waals surface area contributed by atoms with Crippen LogP contribution in [0.4, 0.5) is 0 Å². The highest BCUT2D eigenvalue weighted by molar-refractivity contribution is 5.97. The number of rotatable bonds is 12. The third-order valence-electron chi connectivity index (χ3n) is 6.66. The third-order valence-corrected chi connectivity index (χ3v) is 6.66. The van der Waals surface area contributed by atoms with Gasteiger partial charge in [0.05, 0.1) is 0 Å². The Kier molecular flexibility index (Phi) is 13.1. The summed E-state index contributed by atoms with van der Waals surface area (Å²) < 4.78 is 6.02. The van der Waals surface area contributed by atoms with Crippen LogP contribution in [-0.4, -0.2) is 23.1 Å².